The lowest BCUT2D eigenvalue weighted by Crippen LogP contribution is -2.51. The Labute approximate surface area is 145 Å². The number of rotatable bonds is 3. The Hall–Kier alpha value is -1.88. The summed E-state index contributed by atoms with van der Waals surface area (Å²) in [5, 5.41) is 0. The van der Waals surface area contributed by atoms with E-state index in [2.05, 4.69) is 25.7 Å². The first-order valence-corrected chi connectivity index (χ1v) is 8.51. The van der Waals surface area contributed by atoms with Crippen LogP contribution in [-0.4, -0.2) is 73.3 Å². The largest absolute Gasteiger partial charge is 0.348 e. The van der Waals surface area contributed by atoms with E-state index in [1.165, 1.54) is 5.56 Å². The van der Waals surface area contributed by atoms with Crippen molar-refractivity contribution in [3.8, 4) is 0 Å². The molecule has 1 aliphatic rings. The SMILES string of the molecule is CN(C)C(=O)CN1CCN(C(=O)c2ccc(C(C)(C)C)cc2)CC1. The van der Waals surface area contributed by atoms with Gasteiger partial charge in [-0.2, -0.15) is 0 Å². The van der Waals surface area contributed by atoms with Gasteiger partial charge in [-0.05, 0) is 23.1 Å². The van der Waals surface area contributed by atoms with Gasteiger partial charge in [-0.3, -0.25) is 14.5 Å². The van der Waals surface area contributed by atoms with E-state index in [4.69, 9.17) is 0 Å². The van der Waals surface area contributed by atoms with Crippen LogP contribution >= 0.6 is 0 Å². The van der Waals surface area contributed by atoms with Crippen molar-refractivity contribution < 1.29 is 9.59 Å². The number of nitrogens with zero attached hydrogens (tertiary/aromatic N) is 3. The number of benzene rings is 1. The average molecular weight is 331 g/mol. The van der Waals surface area contributed by atoms with Crippen molar-refractivity contribution in [2.24, 2.45) is 0 Å². The summed E-state index contributed by atoms with van der Waals surface area (Å²) in [7, 11) is 3.53. The van der Waals surface area contributed by atoms with Crippen molar-refractivity contribution >= 4 is 11.8 Å². The molecule has 0 atom stereocenters. The van der Waals surface area contributed by atoms with Crippen LogP contribution < -0.4 is 0 Å². The van der Waals surface area contributed by atoms with Crippen molar-refractivity contribution in [3.63, 3.8) is 0 Å². The van der Waals surface area contributed by atoms with Crippen LogP contribution in [0.5, 0.6) is 0 Å². The van der Waals surface area contributed by atoms with Crippen LogP contribution in [0.1, 0.15) is 36.7 Å². The molecule has 1 fully saturated rings. The molecule has 0 saturated carbocycles. The second-order valence-electron chi connectivity index (χ2n) is 7.68. The van der Waals surface area contributed by atoms with E-state index in [1.807, 2.05) is 29.2 Å². The Kier molecular flexibility index (Phi) is 5.65. The van der Waals surface area contributed by atoms with Gasteiger partial charge >= 0.3 is 0 Å². The third-order valence-electron chi connectivity index (χ3n) is 4.52. The van der Waals surface area contributed by atoms with E-state index in [9.17, 15) is 9.59 Å². The van der Waals surface area contributed by atoms with Crippen LogP contribution in [0.15, 0.2) is 24.3 Å². The Bertz CT molecular complexity index is 580. The highest BCUT2D eigenvalue weighted by Crippen LogP contribution is 2.22. The van der Waals surface area contributed by atoms with Gasteiger partial charge < -0.3 is 9.80 Å². The minimum absolute atomic E-state index is 0.0778. The fourth-order valence-electron chi connectivity index (χ4n) is 2.74. The number of carbonyl (C=O) groups is 2. The molecule has 0 spiro atoms. The fourth-order valence-corrected chi connectivity index (χ4v) is 2.74. The molecule has 2 amide bonds. The maximum absolute atomic E-state index is 12.6. The number of piperazine rings is 1. The fraction of sp³-hybridized carbons (Fsp3) is 0.579. The second-order valence-corrected chi connectivity index (χ2v) is 7.68. The molecule has 5 heteroatoms. The van der Waals surface area contributed by atoms with Crippen LogP contribution in [0.25, 0.3) is 0 Å². The number of hydrogen-bond acceptors (Lipinski definition) is 3. The summed E-state index contributed by atoms with van der Waals surface area (Å²) >= 11 is 0. The normalized spacial score (nSPS) is 16.1. The zero-order valence-electron chi connectivity index (χ0n) is 15.5. The highest BCUT2D eigenvalue weighted by atomic mass is 16.2. The van der Waals surface area contributed by atoms with Gasteiger partial charge in [0.05, 0.1) is 6.54 Å². The molecular weight excluding hydrogens is 302 g/mol. The Morgan fingerprint density at radius 1 is 1.00 bits per heavy atom. The Morgan fingerprint density at radius 3 is 2.00 bits per heavy atom. The molecule has 0 bridgehead atoms. The summed E-state index contributed by atoms with van der Waals surface area (Å²) in [5.41, 5.74) is 2.05. The molecule has 1 saturated heterocycles. The first-order chi connectivity index (χ1) is 11.2. The Balaban J connectivity index is 1.92. The molecule has 0 N–H and O–H groups in total. The summed E-state index contributed by atoms with van der Waals surface area (Å²) in [6.45, 7) is 9.74. The number of hydrogen-bond donors (Lipinski definition) is 0. The number of likely N-dealkylation sites (N-methyl/N-ethyl adjacent to an activating group) is 1. The van der Waals surface area contributed by atoms with Crippen molar-refractivity contribution in [3.05, 3.63) is 35.4 Å². The van der Waals surface area contributed by atoms with Crippen molar-refractivity contribution in [1.29, 1.82) is 0 Å². The minimum Gasteiger partial charge on any atom is -0.348 e. The summed E-state index contributed by atoms with van der Waals surface area (Å²) in [4.78, 5) is 30.0. The number of amides is 2. The highest BCUT2D eigenvalue weighted by molar-refractivity contribution is 5.94. The van der Waals surface area contributed by atoms with Crippen LogP contribution in [0, 0.1) is 0 Å². The predicted molar refractivity (Wildman–Crippen MR) is 96.2 cm³/mol. The van der Waals surface area contributed by atoms with E-state index in [-0.39, 0.29) is 17.2 Å². The quantitative estimate of drug-likeness (QED) is 0.849. The third kappa shape index (κ3) is 4.57. The maximum Gasteiger partial charge on any atom is 0.253 e. The summed E-state index contributed by atoms with van der Waals surface area (Å²) < 4.78 is 0. The molecule has 5 nitrogen and oxygen atoms in total. The average Bonchev–Trinajstić information content (AvgIpc) is 2.54. The minimum atomic E-state index is 0.0778. The molecule has 1 aromatic carbocycles. The van der Waals surface area contributed by atoms with E-state index in [0.29, 0.717) is 19.6 Å². The van der Waals surface area contributed by atoms with Gasteiger partial charge in [-0.25, -0.2) is 0 Å². The second kappa shape index (κ2) is 7.34. The van der Waals surface area contributed by atoms with Crippen LogP contribution in [-0.2, 0) is 10.2 Å². The van der Waals surface area contributed by atoms with Gasteiger partial charge in [-0.1, -0.05) is 32.9 Å². The highest BCUT2D eigenvalue weighted by Gasteiger charge is 2.24. The first-order valence-electron chi connectivity index (χ1n) is 8.51. The van der Waals surface area contributed by atoms with Crippen molar-refractivity contribution in [1.82, 2.24) is 14.7 Å². The van der Waals surface area contributed by atoms with Gasteiger partial charge in [0.25, 0.3) is 5.91 Å². The lowest BCUT2D eigenvalue weighted by Gasteiger charge is -2.34. The zero-order chi connectivity index (χ0) is 17.9. The van der Waals surface area contributed by atoms with Crippen molar-refractivity contribution in [2.75, 3.05) is 46.8 Å². The standard InChI is InChI=1S/C19H29N3O2/c1-19(2,3)16-8-6-15(7-9-16)18(24)22-12-10-21(11-13-22)14-17(23)20(4)5/h6-9H,10-14H2,1-5H3. The van der Waals surface area contributed by atoms with Gasteiger partial charge in [0.15, 0.2) is 0 Å². The number of carbonyl (C=O) groups excluding carboxylic acids is 2. The Morgan fingerprint density at radius 2 is 1.54 bits per heavy atom. The lowest BCUT2D eigenvalue weighted by atomic mass is 9.86. The molecule has 2 rings (SSSR count). The molecule has 0 radical (unpaired) electrons. The smallest absolute Gasteiger partial charge is 0.253 e. The van der Waals surface area contributed by atoms with Gasteiger partial charge in [0.2, 0.25) is 5.91 Å². The van der Waals surface area contributed by atoms with E-state index in [0.717, 1.165) is 18.7 Å². The first kappa shape index (κ1) is 18.5. The summed E-state index contributed by atoms with van der Waals surface area (Å²) in [6, 6.07) is 7.92. The monoisotopic (exact) mass is 331 g/mol. The van der Waals surface area contributed by atoms with Gasteiger partial charge in [0.1, 0.15) is 0 Å². The summed E-state index contributed by atoms with van der Waals surface area (Å²) in [5.74, 6) is 0.182. The molecule has 1 aromatic rings. The van der Waals surface area contributed by atoms with Crippen molar-refractivity contribution in [2.45, 2.75) is 26.2 Å². The van der Waals surface area contributed by atoms with E-state index < -0.39 is 0 Å². The lowest BCUT2D eigenvalue weighted by molar-refractivity contribution is -0.130. The van der Waals surface area contributed by atoms with Crippen LogP contribution in [0.2, 0.25) is 0 Å². The molecule has 0 aliphatic carbocycles. The van der Waals surface area contributed by atoms with Crippen LogP contribution in [0.4, 0.5) is 0 Å². The molecule has 24 heavy (non-hydrogen) atoms. The molecule has 0 aromatic heterocycles. The van der Waals surface area contributed by atoms with Gasteiger partial charge in [-0.15, -0.1) is 0 Å². The molecule has 1 heterocycles. The molecule has 132 valence electrons. The maximum atomic E-state index is 12.6. The topological polar surface area (TPSA) is 43.9 Å². The predicted octanol–water partition coefficient (Wildman–Crippen LogP) is 1.83. The summed E-state index contributed by atoms with van der Waals surface area (Å²) in [6.07, 6.45) is 0. The van der Waals surface area contributed by atoms with Gasteiger partial charge in [0, 0.05) is 45.8 Å². The zero-order valence-corrected chi connectivity index (χ0v) is 15.5. The van der Waals surface area contributed by atoms with E-state index in [1.54, 1.807) is 19.0 Å². The van der Waals surface area contributed by atoms with Crippen LogP contribution in [0.3, 0.4) is 0 Å². The molecule has 0 unspecified atom stereocenters. The molecular formula is C19H29N3O2. The van der Waals surface area contributed by atoms with E-state index >= 15 is 0 Å². The third-order valence-corrected chi connectivity index (χ3v) is 4.52. The molecule has 1 aliphatic heterocycles.